The van der Waals surface area contributed by atoms with E-state index in [-0.39, 0.29) is 5.91 Å². The average molecular weight is 310 g/mol. The number of amides is 1. The molecule has 6 heteroatoms. The van der Waals surface area contributed by atoms with Crippen molar-refractivity contribution >= 4 is 44.0 Å². The van der Waals surface area contributed by atoms with Crippen molar-refractivity contribution in [1.82, 2.24) is 5.32 Å². The van der Waals surface area contributed by atoms with Crippen molar-refractivity contribution in [3.63, 3.8) is 0 Å². The zero-order valence-electron chi connectivity index (χ0n) is 8.29. The standard InChI is InChI=1S/C9H12BrNO2S2/c1-15(13)6-2-5-11-9(12)7-3-4-8(10)14-7/h3-4H,2,5-6H2,1H3,(H,11,12). The molecule has 0 spiro atoms. The Morgan fingerprint density at radius 1 is 1.60 bits per heavy atom. The summed E-state index contributed by atoms with van der Waals surface area (Å²) >= 11 is 4.70. The van der Waals surface area contributed by atoms with Crippen LogP contribution in [0.5, 0.6) is 0 Å². The molecule has 1 aromatic rings. The highest BCUT2D eigenvalue weighted by atomic mass is 79.9. The van der Waals surface area contributed by atoms with E-state index in [1.54, 1.807) is 12.3 Å². The summed E-state index contributed by atoms with van der Waals surface area (Å²) in [6.07, 6.45) is 2.42. The van der Waals surface area contributed by atoms with E-state index < -0.39 is 10.8 Å². The molecule has 0 aliphatic rings. The minimum absolute atomic E-state index is 0.0624. The first kappa shape index (κ1) is 12.9. The molecule has 0 fully saturated rings. The summed E-state index contributed by atoms with van der Waals surface area (Å²) < 4.78 is 11.7. The highest BCUT2D eigenvalue weighted by Gasteiger charge is 2.07. The average Bonchev–Trinajstić information content (AvgIpc) is 2.59. The number of rotatable bonds is 5. The van der Waals surface area contributed by atoms with Crippen molar-refractivity contribution in [3.05, 3.63) is 20.8 Å². The minimum Gasteiger partial charge on any atom is -0.351 e. The summed E-state index contributed by atoms with van der Waals surface area (Å²) in [5.74, 6) is 0.571. The maximum absolute atomic E-state index is 11.5. The van der Waals surface area contributed by atoms with Gasteiger partial charge in [0.25, 0.3) is 5.91 Å². The number of thiophene rings is 1. The van der Waals surface area contributed by atoms with Crippen LogP contribution in [0.15, 0.2) is 15.9 Å². The van der Waals surface area contributed by atoms with E-state index in [1.807, 2.05) is 6.07 Å². The van der Waals surface area contributed by atoms with Crippen molar-refractivity contribution in [3.8, 4) is 0 Å². The zero-order valence-corrected chi connectivity index (χ0v) is 11.5. The Labute approximate surface area is 104 Å². The second-order valence-corrected chi connectivity index (χ2v) is 7.01. The molecular formula is C9H12BrNO2S2. The molecule has 3 nitrogen and oxygen atoms in total. The lowest BCUT2D eigenvalue weighted by atomic mass is 10.4. The van der Waals surface area contributed by atoms with E-state index in [2.05, 4.69) is 21.2 Å². The number of halogens is 1. The van der Waals surface area contributed by atoms with Crippen molar-refractivity contribution in [2.45, 2.75) is 6.42 Å². The summed E-state index contributed by atoms with van der Waals surface area (Å²) in [4.78, 5) is 12.2. The molecule has 15 heavy (non-hydrogen) atoms. The quantitative estimate of drug-likeness (QED) is 0.846. The molecule has 1 N–H and O–H groups in total. The van der Waals surface area contributed by atoms with Gasteiger partial charge in [-0.1, -0.05) is 0 Å². The Balaban J connectivity index is 2.28. The Kier molecular flexibility index (Phi) is 5.49. The molecule has 0 radical (unpaired) electrons. The van der Waals surface area contributed by atoms with Gasteiger partial charge in [0.05, 0.1) is 8.66 Å². The van der Waals surface area contributed by atoms with Gasteiger partial charge in [0.1, 0.15) is 0 Å². The van der Waals surface area contributed by atoms with Crippen molar-refractivity contribution in [2.75, 3.05) is 18.6 Å². The van der Waals surface area contributed by atoms with E-state index >= 15 is 0 Å². The van der Waals surface area contributed by atoms with Gasteiger partial charge < -0.3 is 5.32 Å². The molecule has 0 bridgehead atoms. The van der Waals surface area contributed by atoms with Crippen molar-refractivity contribution in [2.24, 2.45) is 0 Å². The molecule has 1 amide bonds. The van der Waals surface area contributed by atoms with Crippen LogP contribution in [0.25, 0.3) is 0 Å². The van der Waals surface area contributed by atoms with Gasteiger partial charge in [-0.05, 0) is 34.5 Å². The van der Waals surface area contributed by atoms with Crippen molar-refractivity contribution in [1.29, 1.82) is 0 Å². The Bertz CT molecular complexity index is 365. The molecule has 0 aliphatic heterocycles. The third-order valence-electron chi connectivity index (χ3n) is 1.69. The fourth-order valence-corrected chi connectivity index (χ4v) is 2.85. The minimum atomic E-state index is -0.777. The highest BCUT2D eigenvalue weighted by molar-refractivity contribution is 9.11. The molecule has 1 heterocycles. The van der Waals surface area contributed by atoms with Gasteiger partial charge in [0.2, 0.25) is 0 Å². The number of carbonyl (C=O) groups excluding carboxylic acids is 1. The molecule has 0 saturated carbocycles. The van der Waals surface area contributed by atoms with E-state index in [0.29, 0.717) is 17.2 Å². The van der Waals surface area contributed by atoms with Crippen LogP contribution in [0, 0.1) is 0 Å². The first-order valence-electron chi connectivity index (χ1n) is 4.43. The first-order chi connectivity index (χ1) is 7.09. The Morgan fingerprint density at radius 3 is 2.87 bits per heavy atom. The van der Waals surface area contributed by atoms with Crippen LogP contribution in [0.2, 0.25) is 0 Å². The van der Waals surface area contributed by atoms with Gasteiger partial charge >= 0.3 is 0 Å². The number of hydrogen-bond acceptors (Lipinski definition) is 3. The van der Waals surface area contributed by atoms with Gasteiger partial charge in [-0.2, -0.15) is 0 Å². The largest absolute Gasteiger partial charge is 0.351 e. The van der Waals surface area contributed by atoms with Crippen LogP contribution >= 0.6 is 27.3 Å². The maximum atomic E-state index is 11.5. The predicted octanol–water partition coefficient (Wildman–Crippen LogP) is 2.01. The smallest absolute Gasteiger partial charge is 0.261 e. The topological polar surface area (TPSA) is 46.2 Å². The normalized spacial score (nSPS) is 12.4. The van der Waals surface area contributed by atoms with E-state index in [4.69, 9.17) is 0 Å². The number of hydrogen-bond donors (Lipinski definition) is 1. The molecule has 1 atom stereocenters. The van der Waals surface area contributed by atoms with Crippen LogP contribution in [0.4, 0.5) is 0 Å². The second kappa shape index (κ2) is 6.40. The van der Waals surface area contributed by atoms with E-state index in [1.165, 1.54) is 11.3 Å². The van der Waals surface area contributed by atoms with Crippen LogP contribution in [0.1, 0.15) is 16.1 Å². The molecule has 1 rings (SSSR count). The van der Waals surface area contributed by atoms with Gasteiger partial charge in [-0.25, -0.2) is 0 Å². The third kappa shape index (κ3) is 4.90. The fraction of sp³-hybridized carbons (Fsp3) is 0.444. The monoisotopic (exact) mass is 309 g/mol. The summed E-state index contributed by atoms with van der Waals surface area (Å²) in [6.45, 7) is 0.577. The Hall–Kier alpha value is -0.200. The van der Waals surface area contributed by atoms with Crippen molar-refractivity contribution < 1.29 is 9.00 Å². The first-order valence-corrected chi connectivity index (χ1v) is 7.77. The third-order valence-corrected chi connectivity index (χ3v) is 4.18. The summed E-state index contributed by atoms with van der Waals surface area (Å²) in [7, 11) is -0.777. The number of nitrogens with one attached hydrogen (secondary N) is 1. The molecular weight excluding hydrogens is 298 g/mol. The molecule has 1 unspecified atom stereocenters. The van der Waals surface area contributed by atoms with Crippen LogP contribution in [0.3, 0.4) is 0 Å². The zero-order chi connectivity index (χ0) is 11.3. The molecule has 0 aliphatic carbocycles. The van der Waals surface area contributed by atoms with Gasteiger partial charge in [-0.3, -0.25) is 9.00 Å². The number of carbonyl (C=O) groups is 1. The maximum Gasteiger partial charge on any atom is 0.261 e. The summed E-state index contributed by atoms with van der Waals surface area (Å²) in [5, 5.41) is 2.78. The highest BCUT2D eigenvalue weighted by Crippen LogP contribution is 2.21. The van der Waals surface area contributed by atoms with E-state index in [0.717, 1.165) is 10.2 Å². The predicted molar refractivity (Wildman–Crippen MR) is 67.9 cm³/mol. The molecule has 0 aromatic carbocycles. The fourth-order valence-electron chi connectivity index (χ4n) is 1.00. The lowest BCUT2D eigenvalue weighted by Gasteiger charge is -2.01. The molecule has 84 valence electrons. The SMILES string of the molecule is CS(=O)CCCNC(=O)c1ccc(Br)s1. The Morgan fingerprint density at radius 2 is 2.33 bits per heavy atom. The molecule has 0 saturated heterocycles. The molecule has 1 aromatic heterocycles. The second-order valence-electron chi connectivity index (χ2n) is 2.99. The lowest BCUT2D eigenvalue weighted by molar-refractivity contribution is 0.0958. The lowest BCUT2D eigenvalue weighted by Crippen LogP contribution is -2.24. The van der Waals surface area contributed by atoms with Crippen LogP contribution < -0.4 is 5.32 Å². The van der Waals surface area contributed by atoms with E-state index in [9.17, 15) is 9.00 Å². The van der Waals surface area contributed by atoms with Gasteiger partial charge in [-0.15, -0.1) is 11.3 Å². The van der Waals surface area contributed by atoms with Gasteiger partial charge in [0.15, 0.2) is 0 Å². The summed E-state index contributed by atoms with van der Waals surface area (Å²) in [5.41, 5.74) is 0. The van der Waals surface area contributed by atoms with Crippen LogP contribution in [-0.2, 0) is 10.8 Å². The summed E-state index contributed by atoms with van der Waals surface area (Å²) in [6, 6.07) is 3.63. The van der Waals surface area contributed by atoms with Crippen LogP contribution in [-0.4, -0.2) is 28.7 Å². The van der Waals surface area contributed by atoms with Gasteiger partial charge in [0, 0.05) is 29.4 Å².